The second-order valence-corrected chi connectivity index (χ2v) is 4.85. The lowest BCUT2D eigenvalue weighted by atomic mass is 10.2. The molecule has 0 heterocycles. The summed E-state index contributed by atoms with van der Waals surface area (Å²) in [4.78, 5) is 22.2. The fourth-order valence-electron chi connectivity index (χ4n) is 1.40. The van der Waals surface area contributed by atoms with E-state index in [4.69, 9.17) is 33.0 Å². The third-order valence-electron chi connectivity index (χ3n) is 2.25. The van der Waals surface area contributed by atoms with E-state index in [-0.39, 0.29) is 5.75 Å². The number of benzene rings is 1. The van der Waals surface area contributed by atoms with E-state index in [0.29, 0.717) is 10.0 Å². The molecule has 5 nitrogen and oxygen atoms in total. The zero-order valence-electron chi connectivity index (χ0n) is 10.5. The number of nitrogens with one attached hydrogen (secondary N) is 1. The Morgan fingerprint density at radius 3 is 2.29 bits per heavy atom. The minimum absolute atomic E-state index is 0.198. The maximum Gasteiger partial charge on any atom is 0.326 e. The molecule has 0 aliphatic carbocycles. The van der Waals surface area contributed by atoms with Crippen molar-refractivity contribution in [1.82, 2.24) is 5.32 Å². The number of carbonyl (C=O) groups excluding carboxylic acids is 1. The highest BCUT2D eigenvalue weighted by Gasteiger charge is 2.24. The topological polar surface area (TPSA) is 75.6 Å². The van der Waals surface area contributed by atoms with E-state index in [1.807, 2.05) is 5.32 Å². The Balaban J connectivity index is 2.54. The van der Waals surface area contributed by atoms with Crippen molar-refractivity contribution in [3.05, 3.63) is 28.2 Å². The Morgan fingerprint density at radius 2 is 1.81 bits per heavy atom. The highest BCUT2D eigenvalue weighted by atomic mass is 35.5. The number of aliphatic carboxylic acids is 1. The van der Waals surface area contributed by atoms with Gasteiger partial charge in [-0.15, -0.1) is 0 Å². The van der Waals surface area contributed by atoms with Gasteiger partial charge in [-0.05, 0) is 18.2 Å². The van der Waals surface area contributed by atoms with Crippen LogP contribution in [0.4, 0.5) is 8.78 Å². The molecule has 0 saturated heterocycles. The Hall–Kier alpha value is -1.60. The molecule has 0 aliphatic heterocycles. The summed E-state index contributed by atoms with van der Waals surface area (Å²) in [5.41, 5.74) is 0. The quantitative estimate of drug-likeness (QED) is 0.799. The SMILES string of the molecule is O=C(COc1cc(Cl)cc(Cl)c1)NC(CC(F)F)C(=O)O. The largest absolute Gasteiger partial charge is 0.484 e. The molecule has 2 N–H and O–H groups in total. The van der Waals surface area contributed by atoms with E-state index in [2.05, 4.69) is 0 Å². The molecule has 21 heavy (non-hydrogen) atoms. The third-order valence-corrected chi connectivity index (χ3v) is 2.69. The minimum Gasteiger partial charge on any atom is -0.484 e. The molecule has 0 fully saturated rings. The summed E-state index contributed by atoms with van der Waals surface area (Å²) in [7, 11) is 0. The van der Waals surface area contributed by atoms with E-state index in [1.54, 1.807) is 0 Å². The molecule has 0 radical (unpaired) electrons. The summed E-state index contributed by atoms with van der Waals surface area (Å²) in [6, 6.07) is 2.58. The van der Waals surface area contributed by atoms with Crippen LogP contribution in [0, 0.1) is 0 Å². The van der Waals surface area contributed by atoms with Crippen molar-refractivity contribution in [1.29, 1.82) is 0 Å². The zero-order chi connectivity index (χ0) is 16.0. The first-order valence-corrected chi connectivity index (χ1v) is 6.42. The van der Waals surface area contributed by atoms with Crippen LogP contribution in [0.25, 0.3) is 0 Å². The number of rotatable bonds is 7. The predicted molar refractivity (Wildman–Crippen MR) is 72.1 cm³/mol. The number of ether oxygens (including phenoxy) is 1. The second kappa shape index (κ2) is 7.99. The van der Waals surface area contributed by atoms with Crippen LogP contribution in [-0.4, -0.2) is 36.1 Å². The standard InChI is InChI=1S/C12H11Cl2F2NO4/c13-6-1-7(14)3-8(2-6)21-5-11(18)17-9(12(19)20)4-10(15)16/h1-3,9-10H,4-5H2,(H,17,18)(H,19,20). The van der Waals surface area contributed by atoms with Crippen molar-refractivity contribution in [3.8, 4) is 5.75 Å². The molecule has 116 valence electrons. The van der Waals surface area contributed by atoms with E-state index in [1.165, 1.54) is 18.2 Å². The number of halogens is 4. The van der Waals surface area contributed by atoms with Gasteiger partial charge in [0, 0.05) is 16.5 Å². The second-order valence-electron chi connectivity index (χ2n) is 3.98. The summed E-state index contributed by atoms with van der Waals surface area (Å²) in [5, 5.41) is 11.2. The first-order valence-electron chi connectivity index (χ1n) is 5.67. The van der Waals surface area contributed by atoms with Crippen LogP contribution < -0.4 is 10.1 Å². The smallest absolute Gasteiger partial charge is 0.326 e. The van der Waals surface area contributed by atoms with Gasteiger partial charge >= 0.3 is 5.97 Å². The van der Waals surface area contributed by atoms with Crippen molar-refractivity contribution in [3.63, 3.8) is 0 Å². The highest BCUT2D eigenvalue weighted by molar-refractivity contribution is 6.34. The van der Waals surface area contributed by atoms with Crippen LogP contribution in [0.1, 0.15) is 6.42 Å². The maximum atomic E-state index is 12.2. The summed E-state index contributed by atoms with van der Waals surface area (Å²) < 4.78 is 29.4. The average Bonchev–Trinajstić information content (AvgIpc) is 2.33. The number of alkyl halides is 2. The van der Waals surface area contributed by atoms with Crippen molar-refractivity contribution in [2.45, 2.75) is 18.9 Å². The lowest BCUT2D eigenvalue weighted by Gasteiger charge is -2.14. The number of carbonyl (C=O) groups is 2. The van der Waals surface area contributed by atoms with Gasteiger partial charge in [0.1, 0.15) is 11.8 Å². The van der Waals surface area contributed by atoms with Gasteiger partial charge in [-0.1, -0.05) is 23.2 Å². The molecule has 0 aliphatic rings. The molecule has 0 spiro atoms. The molecule has 0 bridgehead atoms. The Labute approximate surface area is 128 Å². The summed E-state index contributed by atoms with van der Waals surface area (Å²) >= 11 is 11.4. The van der Waals surface area contributed by atoms with Gasteiger partial charge in [0.05, 0.1) is 0 Å². The highest BCUT2D eigenvalue weighted by Crippen LogP contribution is 2.24. The zero-order valence-corrected chi connectivity index (χ0v) is 12.0. The number of carboxylic acid groups (broad SMARTS) is 1. The van der Waals surface area contributed by atoms with Gasteiger partial charge in [0.2, 0.25) is 6.43 Å². The molecule has 1 aromatic rings. The minimum atomic E-state index is -2.85. The maximum absolute atomic E-state index is 12.2. The Morgan fingerprint density at radius 1 is 1.24 bits per heavy atom. The van der Waals surface area contributed by atoms with E-state index in [0.717, 1.165) is 0 Å². The van der Waals surface area contributed by atoms with Crippen LogP contribution in [0.3, 0.4) is 0 Å². The molecule has 1 unspecified atom stereocenters. The number of carboxylic acids is 1. The molecule has 0 saturated carbocycles. The molecular formula is C12H11Cl2F2NO4. The van der Waals surface area contributed by atoms with E-state index >= 15 is 0 Å². The lowest BCUT2D eigenvalue weighted by molar-refractivity contribution is -0.143. The molecule has 1 atom stereocenters. The van der Waals surface area contributed by atoms with Gasteiger partial charge < -0.3 is 15.2 Å². The molecule has 1 aromatic carbocycles. The van der Waals surface area contributed by atoms with Crippen molar-refractivity contribution >= 4 is 35.1 Å². The van der Waals surface area contributed by atoms with Gasteiger partial charge in [0.15, 0.2) is 6.61 Å². The van der Waals surface area contributed by atoms with Crippen molar-refractivity contribution in [2.24, 2.45) is 0 Å². The fourth-order valence-corrected chi connectivity index (χ4v) is 1.90. The molecule has 1 rings (SSSR count). The number of amides is 1. The monoisotopic (exact) mass is 341 g/mol. The first-order chi connectivity index (χ1) is 9.77. The molecular weight excluding hydrogens is 331 g/mol. The number of hydrogen-bond donors (Lipinski definition) is 2. The molecule has 1 amide bonds. The van der Waals surface area contributed by atoms with Crippen LogP contribution in [-0.2, 0) is 9.59 Å². The average molecular weight is 342 g/mol. The molecule has 0 aromatic heterocycles. The fraction of sp³-hybridized carbons (Fsp3) is 0.333. The Kier molecular flexibility index (Phi) is 6.64. The Bertz CT molecular complexity index is 508. The third kappa shape index (κ3) is 6.59. The first kappa shape index (κ1) is 17.5. The lowest BCUT2D eigenvalue weighted by Crippen LogP contribution is -2.44. The predicted octanol–water partition coefficient (Wildman–Crippen LogP) is 2.60. The van der Waals surface area contributed by atoms with Gasteiger partial charge in [-0.25, -0.2) is 13.6 Å². The van der Waals surface area contributed by atoms with Crippen LogP contribution in [0.5, 0.6) is 5.75 Å². The number of hydrogen-bond acceptors (Lipinski definition) is 3. The van der Waals surface area contributed by atoms with Crippen molar-refractivity contribution in [2.75, 3.05) is 6.61 Å². The van der Waals surface area contributed by atoms with Gasteiger partial charge in [-0.2, -0.15) is 0 Å². The van der Waals surface area contributed by atoms with E-state index < -0.39 is 37.4 Å². The van der Waals surface area contributed by atoms with Crippen LogP contribution in [0.2, 0.25) is 10.0 Å². The summed E-state index contributed by atoms with van der Waals surface area (Å²) in [6.07, 6.45) is -3.83. The van der Waals surface area contributed by atoms with Crippen molar-refractivity contribution < 1.29 is 28.2 Å². The normalized spacial score (nSPS) is 12.0. The summed E-state index contributed by atoms with van der Waals surface area (Å²) in [6.45, 7) is -0.552. The molecule has 9 heteroatoms. The van der Waals surface area contributed by atoms with Gasteiger partial charge in [0.25, 0.3) is 5.91 Å². The van der Waals surface area contributed by atoms with Crippen LogP contribution in [0.15, 0.2) is 18.2 Å². The van der Waals surface area contributed by atoms with Crippen LogP contribution >= 0.6 is 23.2 Å². The van der Waals surface area contributed by atoms with E-state index in [9.17, 15) is 18.4 Å². The van der Waals surface area contributed by atoms with Gasteiger partial charge in [-0.3, -0.25) is 4.79 Å². The summed E-state index contributed by atoms with van der Waals surface area (Å²) in [5.74, 6) is -2.20.